The van der Waals surface area contributed by atoms with E-state index in [4.69, 9.17) is 16.7 Å². The van der Waals surface area contributed by atoms with Crippen LogP contribution in [0, 0.1) is 0 Å². The van der Waals surface area contributed by atoms with E-state index in [1.807, 2.05) is 0 Å². The Hall–Kier alpha value is -1.03. The lowest BCUT2D eigenvalue weighted by molar-refractivity contribution is -0.142. The monoisotopic (exact) mass is 208 g/mol. The minimum atomic E-state index is -0.981. The van der Waals surface area contributed by atoms with Gasteiger partial charge in [-0.3, -0.25) is 4.79 Å². The van der Waals surface area contributed by atoms with E-state index in [0.29, 0.717) is 6.61 Å². The van der Waals surface area contributed by atoms with E-state index in [2.05, 4.69) is 11.3 Å². The quantitative estimate of drug-likeness (QED) is 0.433. The predicted octanol–water partition coefficient (Wildman–Crippen LogP) is 1.43. The summed E-state index contributed by atoms with van der Waals surface area (Å²) in [6, 6.07) is 0. The summed E-state index contributed by atoms with van der Waals surface area (Å²) in [4.78, 5) is 19.6. The van der Waals surface area contributed by atoms with Gasteiger partial charge in [0.25, 0.3) is 0 Å². The summed E-state index contributed by atoms with van der Waals surface area (Å²) in [7, 11) is 0. The number of alkyl halides is 1. The summed E-state index contributed by atoms with van der Waals surface area (Å²) in [5, 5.41) is 7.09. The molecule has 0 heterocycles. The Bertz CT molecular complexity index is 177. The van der Waals surface area contributed by atoms with Crippen molar-refractivity contribution in [2.24, 2.45) is 0 Å². The Kier molecular flexibility index (Phi) is 10.1. The third-order valence-electron chi connectivity index (χ3n) is 0.786. The van der Waals surface area contributed by atoms with Crippen LogP contribution in [0.15, 0.2) is 12.7 Å². The lowest BCUT2D eigenvalue weighted by Gasteiger charge is -2.00. The third kappa shape index (κ3) is 13.9. The molecule has 0 saturated heterocycles. The maximum atomic E-state index is 10.4. The molecule has 0 aromatic rings. The van der Waals surface area contributed by atoms with E-state index >= 15 is 0 Å². The van der Waals surface area contributed by atoms with E-state index in [0.717, 1.165) is 6.08 Å². The molecule has 0 rings (SSSR count). The van der Waals surface area contributed by atoms with Crippen molar-refractivity contribution in [3.63, 3.8) is 0 Å². The van der Waals surface area contributed by atoms with Crippen molar-refractivity contribution >= 4 is 23.5 Å². The molecule has 0 aliphatic heterocycles. The summed E-state index contributed by atoms with van der Waals surface area (Å²) >= 11 is 5.33. The van der Waals surface area contributed by atoms with E-state index in [1.54, 1.807) is 13.8 Å². The lowest BCUT2D eigenvalue weighted by Crippen LogP contribution is -2.13. The predicted molar refractivity (Wildman–Crippen MR) is 49.8 cm³/mol. The Morgan fingerprint density at radius 1 is 1.69 bits per heavy atom. The molecule has 76 valence electrons. The van der Waals surface area contributed by atoms with Gasteiger partial charge in [-0.1, -0.05) is 6.58 Å². The number of esters is 1. The van der Waals surface area contributed by atoms with Crippen molar-refractivity contribution in [2.45, 2.75) is 19.2 Å². The van der Waals surface area contributed by atoms with Crippen molar-refractivity contribution in [3.05, 3.63) is 12.7 Å². The maximum absolute atomic E-state index is 10.4. The Balaban J connectivity index is 0. The number of rotatable bonds is 3. The SMILES string of the molecule is C=CC(=O)O.CCOC(=O)C(C)Cl. The molecule has 0 aliphatic carbocycles. The zero-order valence-electron chi connectivity index (χ0n) is 7.62. The number of carbonyl (C=O) groups is 2. The van der Waals surface area contributed by atoms with Crippen LogP contribution in [-0.4, -0.2) is 29.0 Å². The molecule has 1 N–H and O–H groups in total. The molecule has 0 fully saturated rings. The molecular weight excluding hydrogens is 196 g/mol. The van der Waals surface area contributed by atoms with Gasteiger partial charge >= 0.3 is 11.9 Å². The van der Waals surface area contributed by atoms with Gasteiger partial charge in [0, 0.05) is 6.08 Å². The van der Waals surface area contributed by atoms with E-state index in [9.17, 15) is 9.59 Å². The summed E-state index contributed by atoms with van der Waals surface area (Å²) in [6.45, 7) is 6.69. The summed E-state index contributed by atoms with van der Waals surface area (Å²) in [5.41, 5.74) is 0. The highest BCUT2D eigenvalue weighted by molar-refractivity contribution is 6.29. The average Bonchev–Trinajstić information content (AvgIpc) is 2.06. The van der Waals surface area contributed by atoms with Crippen LogP contribution in [0.1, 0.15) is 13.8 Å². The van der Waals surface area contributed by atoms with Crippen LogP contribution in [0.2, 0.25) is 0 Å². The maximum Gasteiger partial charge on any atom is 0.327 e. The van der Waals surface area contributed by atoms with Gasteiger partial charge in [0.1, 0.15) is 5.38 Å². The lowest BCUT2D eigenvalue weighted by atomic mass is 10.5. The number of carbonyl (C=O) groups excluding carboxylic acids is 1. The first-order valence-electron chi connectivity index (χ1n) is 3.61. The molecular formula is C8H13ClO4. The number of hydrogen-bond donors (Lipinski definition) is 1. The fraction of sp³-hybridized carbons (Fsp3) is 0.500. The zero-order chi connectivity index (χ0) is 10.9. The van der Waals surface area contributed by atoms with Crippen molar-refractivity contribution in [1.82, 2.24) is 0 Å². The van der Waals surface area contributed by atoms with Crippen molar-refractivity contribution in [1.29, 1.82) is 0 Å². The van der Waals surface area contributed by atoms with Gasteiger partial charge in [-0.05, 0) is 13.8 Å². The molecule has 1 unspecified atom stereocenters. The molecule has 13 heavy (non-hydrogen) atoms. The highest BCUT2D eigenvalue weighted by atomic mass is 35.5. The molecule has 0 saturated carbocycles. The number of aliphatic carboxylic acids is 1. The summed E-state index contributed by atoms with van der Waals surface area (Å²) < 4.78 is 4.53. The first-order valence-corrected chi connectivity index (χ1v) is 4.05. The van der Waals surface area contributed by atoms with Gasteiger partial charge < -0.3 is 9.84 Å². The largest absolute Gasteiger partial charge is 0.478 e. The van der Waals surface area contributed by atoms with E-state index in [-0.39, 0.29) is 5.97 Å². The topological polar surface area (TPSA) is 63.6 Å². The number of hydrogen-bond acceptors (Lipinski definition) is 3. The van der Waals surface area contributed by atoms with Crippen LogP contribution in [0.25, 0.3) is 0 Å². The van der Waals surface area contributed by atoms with Crippen LogP contribution >= 0.6 is 11.6 Å². The fourth-order valence-electron chi connectivity index (χ4n) is 0.257. The zero-order valence-corrected chi connectivity index (χ0v) is 8.37. The molecule has 0 radical (unpaired) electrons. The van der Waals surface area contributed by atoms with E-state index < -0.39 is 11.3 Å². The summed E-state index contributed by atoms with van der Waals surface area (Å²) in [6.07, 6.45) is 0.833. The van der Waals surface area contributed by atoms with E-state index in [1.165, 1.54) is 0 Å². The normalized spacial score (nSPS) is 10.4. The molecule has 0 amide bonds. The van der Waals surface area contributed by atoms with Crippen LogP contribution in [0.3, 0.4) is 0 Å². The van der Waals surface area contributed by atoms with Gasteiger partial charge in [-0.15, -0.1) is 11.6 Å². The standard InChI is InChI=1S/C5H9ClO2.C3H4O2/c1-3-8-5(7)4(2)6;1-2-3(4)5/h4H,3H2,1-2H3;2H,1H2,(H,4,5). The Morgan fingerprint density at radius 3 is 2.15 bits per heavy atom. The second-order valence-electron chi connectivity index (χ2n) is 1.91. The molecule has 4 nitrogen and oxygen atoms in total. The van der Waals surface area contributed by atoms with Gasteiger partial charge in [-0.2, -0.15) is 0 Å². The number of carboxylic acids is 1. The van der Waals surface area contributed by atoms with Crippen molar-refractivity contribution in [2.75, 3.05) is 6.61 Å². The number of ether oxygens (including phenoxy) is 1. The first kappa shape index (κ1) is 14.5. The van der Waals surface area contributed by atoms with Gasteiger partial charge in [0.05, 0.1) is 6.61 Å². The van der Waals surface area contributed by atoms with Crippen LogP contribution in [0.5, 0.6) is 0 Å². The minimum Gasteiger partial charge on any atom is -0.478 e. The van der Waals surface area contributed by atoms with Crippen molar-refractivity contribution in [3.8, 4) is 0 Å². The van der Waals surface area contributed by atoms with Crippen LogP contribution < -0.4 is 0 Å². The van der Waals surface area contributed by atoms with Gasteiger partial charge in [0.2, 0.25) is 0 Å². The molecule has 0 aromatic heterocycles. The molecule has 1 atom stereocenters. The highest BCUT2D eigenvalue weighted by Crippen LogP contribution is 1.95. The second kappa shape index (κ2) is 9.06. The molecule has 5 heteroatoms. The molecule has 0 aromatic carbocycles. The summed E-state index contributed by atoms with van der Waals surface area (Å²) in [5.74, 6) is -1.33. The van der Waals surface area contributed by atoms with Crippen LogP contribution in [-0.2, 0) is 14.3 Å². The fourth-order valence-corrected chi connectivity index (χ4v) is 0.320. The average molecular weight is 209 g/mol. The molecule has 0 bridgehead atoms. The number of halogens is 1. The third-order valence-corrected chi connectivity index (χ3v) is 0.964. The first-order chi connectivity index (χ1) is 5.95. The Labute approximate surface area is 82.1 Å². The van der Waals surface area contributed by atoms with Crippen LogP contribution in [0.4, 0.5) is 0 Å². The number of carboxylic acid groups (broad SMARTS) is 1. The molecule has 0 aliphatic rings. The van der Waals surface area contributed by atoms with Gasteiger partial charge in [0.15, 0.2) is 0 Å². The van der Waals surface area contributed by atoms with Gasteiger partial charge in [-0.25, -0.2) is 4.79 Å². The smallest absolute Gasteiger partial charge is 0.327 e. The minimum absolute atomic E-state index is 0.353. The Morgan fingerprint density at radius 2 is 2.08 bits per heavy atom. The second-order valence-corrected chi connectivity index (χ2v) is 2.57. The van der Waals surface area contributed by atoms with Crippen molar-refractivity contribution < 1.29 is 19.4 Å². The highest BCUT2D eigenvalue weighted by Gasteiger charge is 2.07. The molecule has 0 spiro atoms.